The highest BCUT2D eigenvalue weighted by molar-refractivity contribution is 7.90. The van der Waals surface area contributed by atoms with Crippen LogP contribution in [-0.4, -0.2) is 38.9 Å². The Hall–Kier alpha value is -1.11. The quantitative estimate of drug-likeness (QED) is 0.844. The summed E-state index contributed by atoms with van der Waals surface area (Å²) >= 11 is 0. The standard InChI is InChI=1S/C15H25N3O2S/c1-3-16-11-14-8-6-10-18(12-14)21(19,20)17-15-9-5-4-7-13(15)2/h4-5,7,9,14,16-17H,3,6,8,10-12H2,1-2H3. The molecule has 118 valence electrons. The zero-order valence-electron chi connectivity index (χ0n) is 12.8. The molecule has 0 radical (unpaired) electrons. The highest BCUT2D eigenvalue weighted by Crippen LogP contribution is 2.21. The Morgan fingerprint density at radius 3 is 2.81 bits per heavy atom. The van der Waals surface area contributed by atoms with Crippen molar-refractivity contribution < 1.29 is 8.42 Å². The van der Waals surface area contributed by atoms with Gasteiger partial charge in [0.1, 0.15) is 0 Å². The van der Waals surface area contributed by atoms with Gasteiger partial charge >= 0.3 is 10.2 Å². The lowest BCUT2D eigenvalue weighted by molar-refractivity contribution is 0.262. The highest BCUT2D eigenvalue weighted by Gasteiger charge is 2.28. The summed E-state index contributed by atoms with van der Waals surface area (Å²) in [4.78, 5) is 0. The fraction of sp³-hybridized carbons (Fsp3) is 0.600. The van der Waals surface area contributed by atoms with Crippen LogP contribution >= 0.6 is 0 Å². The maximum atomic E-state index is 12.5. The van der Waals surface area contributed by atoms with Crippen LogP contribution in [0, 0.1) is 12.8 Å². The summed E-state index contributed by atoms with van der Waals surface area (Å²) in [6.45, 7) is 6.97. The molecular weight excluding hydrogens is 286 g/mol. The van der Waals surface area contributed by atoms with Crippen molar-refractivity contribution >= 4 is 15.9 Å². The first-order valence-electron chi connectivity index (χ1n) is 7.57. The number of nitrogens with zero attached hydrogens (tertiary/aromatic N) is 1. The summed E-state index contributed by atoms with van der Waals surface area (Å²) < 4.78 is 29.3. The molecule has 1 atom stereocenters. The molecule has 0 spiro atoms. The van der Waals surface area contributed by atoms with Gasteiger partial charge in [0.25, 0.3) is 0 Å². The van der Waals surface area contributed by atoms with Gasteiger partial charge in [0.05, 0.1) is 5.69 Å². The number of benzene rings is 1. The molecule has 1 fully saturated rings. The first-order valence-corrected chi connectivity index (χ1v) is 9.01. The number of nitrogens with one attached hydrogen (secondary N) is 2. The van der Waals surface area contributed by atoms with Crippen LogP contribution in [0.4, 0.5) is 5.69 Å². The number of aryl methyl sites for hydroxylation is 1. The van der Waals surface area contributed by atoms with Crippen molar-refractivity contribution in [1.82, 2.24) is 9.62 Å². The Labute approximate surface area is 127 Å². The van der Waals surface area contributed by atoms with Crippen molar-refractivity contribution in [3.63, 3.8) is 0 Å². The van der Waals surface area contributed by atoms with E-state index in [0.29, 0.717) is 24.7 Å². The summed E-state index contributed by atoms with van der Waals surface area (Å²) in [5, 5.41) is 3.31. The second-order valence-electron chi connectivity index (χ2n) is 5.60. The number of hydrogen-bond acceptors (Lipinski definition) is 3. The van der Waals surface area contributed by atoms with Gasteiger partial charge in [-0.1, -0.05) is 25.1 Å². The van der Waals surface area contributed by atoms with E-state index in [1.807, 2.05) is 25.1 Å². The molecule has 0 amide bonds. The Morgan fingerprint density at radius 1 is 1.33 bits per heavy atom. The molecule has 0 saturated carbocycles. The summed E-state index contributed by atoms with van der Waals surface area (Å²) in [5.41, 5.74) is 1.59. The average molecular weight is 311 g/mol. The molecule has 1 aromatic rings. The van der Waals surface area contributed by atoms with E-state index in [9.17, 15) is 8.42 Å². The lowest BCUT2D eigenvalue weighted by atomic mass is 10.00. The SMILES string of the molecule is CCNCC1CCCN(S(=O)(=O)Nc2ccccc2C)C1. The second-order valence-corrected chi connectivity index (χ2v) is 7.27. The molecule has 0 aliphatic carbocycles. The van der Waals surface area contributed by atoms with E-state index >= 15 is 0 Å². The molecule has 1 aromatic carbocycles. The zero-order valence-corrected chi connectivity index (χ0v) is 13.6. The average Bonchev–Trinajstić information content (AvgIpc) is 2.48. The van der Waals surface area contributed by atoms with E-state index in [0.717, 1.165) is 31.5 Å². The number of piperidine rings is 1. The molecule has 21 heavy (non-hydrogen) atoms. The van der Waals surface area contributed by atoms with Crippen molar-refractivity contribution in [3.8, 4) is 0 Å². The molecular formula is C15H25N3O2S. The van der Waals surface area contributed by atoms with Gasteiger partial charge in [-0.15, -0.1) is 0 Å². The number of rotatable bonds is 6. The Bertz CT molecular complexity index is 560. The molecule has 1 heterocycles. The fourth-order valence-corrected chi connectivity index (χ4v) is 4.06. The van der Waals surface area contributed by atoms with Crippen LogP contribution in [0.2, 0.25) is 0 Å². The molecule has 2 N–H and O–H groups in total. The van der Waals surface area contributed by atoms with Crippen molar-refractivity contribution in [2.45, 2.75) is 26.7 Å². The maximum Gasteiger partial charge on any atom is 0.301 e. The molecule has 5 nitrogen and oxygen atoms in total. The van der Waals surface area contributed by atoms with E-state index in [-0.39, 0.29) is 0 Å². The first-order chi connectivity index (χ1) is 10.0. The van der Waals surface area contributed by atoms with E-state index in [1.165, 1.54) is 0 Å². The lowest BCUT2D eigenvalue weighted by Crippen LogP contribution is -2.45. The van der Waals surface area contributed by atoms with E-state index in [4.69, 9.17) is 0 Å². The largest absolute Gasteiger partial charge is 0.317 e. The molecule has 6 heteroatoms. The summed E-state index contributed by atoms with van der Waals surface area (Å²) in [6, 6.07) is 7.45. The first kappa shape index (κ1) is 16.3. The normalized spacial score (nSPS) is 20.4. The van der Waals surface area contributed by atoms with Crippen molar-refractivity contribution in [3.05, 3.63) is 29.8 Å². The van der Waals surface area contributed by atoms with E-state index in [2.05, 4.69) is 17.0 Å². The maximum absolute atomic E-state index is 12.5. The third-order valence-electron chi connectivity index (χ3n) is 3.89. The van der Waals surface area contributed by atoms with Crippen LogP contribution in [0.1, 0.15) is 25.3 Å². The molecule has 1 saturated heterocycles. The van der Waals surface area contributed by atoms with E-state index in [1.54, 1.807) is 10.4 Å². The highest BCUT2D eigenvalue weighted by atomic mass is 32.2. The zero-order chi connectivity index (χ0) is 15.3. The van der Waals surface area contributed by atoms with Crippen LogP contribution in [-0.2, 0) is 10.2 Å². The summed E-state index contributed by atoms with van der Waals surface area (Å²) in [6.07, 6.45) is 2.01. The lowest BCUT2D eigenvalue weighted by Gasteiger charge is -2.32. The van der Waals surface area contributed by atoms with Crippen LogP contribution in [0.3, 0.4) is 0 Å². The van der Waals surface area contributed by atoms with Crippen LogP contribution < -0.4 is 10.0 Å². The van der Waals surface area contributed by atoms with E-state index < -0.39 is 10.2 Å². The predicted octanol–water partition coefficient (Wildman–Crippen LogP) is 1.97. The van der Waals surface area contributed by atoms with Gasteiger partial charge in [-0.2, -0.15) is 12.7 Å². The molecule has 1 aliphatic rings. The Morgan fingerprint density at radius 2 is 2.10 bits per heavy atom. The van der Waals surface area contributed by atoms with Crippen LogP contribution in [0.15, 0.2) is 24.3 Å². The van der Waals surface area contributed by atoms with Gasteiger partial charge in [-0.3, -0.25) is 4.72 Å². The Balaban J connectivity index is 2.03. The van der Waals surface area contributed by atoms with Gasteiger partial charge in [0, 0.05) is 13.1 Å². The fourth-order valence-electron chi connectivity index (χ4n) is 2.65. The predicted molar refractivity (Wildman–Crippen MR) is 86.6 cm³/mol. The molecule has 0 aromatic heterocycles. The second kappa shape index (κ2) is 7.24. The third kappa shape index (κ3) is 4.43. The summed E-state index contributed by atoms with van der Waals surface area (Å²) in [7, 11) is -3.46. The molecule has 2 rings (SSSR count). The number of anilines is 1. The van der Waals surface area contributed by atoms with Crippen molar-refractivity contribution in [1.29, 1.82) is 0 Å². The smallest absolute Gasteiger partial charge is 0.301 e. The van der Waals surface area contributed by atoms with Crippen LogP contribution in [0.5, 0.6) is 0 Å². The Kier molecular flexibility index (Phi) is 5.61. The monoisotopic (exact) mass is 311 g/mol. The van der Waals surface area contributed by atoms with Crippen LogP contribution in [0.25, 0.3) is 0 Å². The third-order valence-corrected chi connectivity index (χ3v) is 5.38. The molecule has 1 aliphatic heterocycles. The van der Waals surface area contributed by atoms with Crippen molar-refractivity contribution in [2.75, 3.05) is 30.9 Å². The number of para-hydroxylation sites is 1. The number of hydrogen-bond donors (Lipinski definition) is 2. The minimum absolute atomic E-state index is 0.396. The summed E-state index contributed by atoms with van der Waals surface area (Å²) in [5.74, 6) is 0.396. The van der Waals surface area contributed by atoms with Gasteiger partial charge in [0.15, 0.2) is 0 Å². The minimum atomic E-state index is -3.46. The molecule has 0 bridgehead atoms. The minimum Gasteiger partial charge on any atom is -0.317 e. The molecule has 1 unspecified atom stereocenters. The van der Waals surface area contributed by atoms with Gasteiger partial charge in [-0.05, 0) is 50.4 Å². The van der Waals surface area contributed by atoms with Gasteiger partial charge in [0.2, 0.25) is 0 Å². The van der Waals surface area contributed by atoms with Crippen molar-refractivity contribution in [2.24, 2.45) is 5.92 Å². The van der Waals surface area contributed by atoms with Gasteiger partial charge in [-0.25, -0.2) is 0 Å². The topological polar surface area (TPSA) is 61.4 Å². The van der Waals surface area contributed by atoms with Gasteiger partial charge < -0.3 is 5.32 Å².